The van der Waals surface area contributed by atoms with Gasteiger partial charge in [0.25, 0.3) is 0 Å². The fraction of sp³-hybridized carbons (Fsp3) is 0.333. The molecule has 0 radical (unpaired) electrons. The van der Waals surface area contributed by atoms with Crippen molar-refractivity contribution in [3.05, 3.63) is 47.3 Å². The van der Waals surface area contributed by atoms with Crippen LogP contribution in [-0.4, -0.2) is 27.3 Å². The Labute approximate surface area is 117 Å². The van der Waals surface area contributed by atoms with Gasteiger partial charge in [-0.25, -0.2) is 0 Å². The van der Waals surface area contributed by atoms with Gasteiger partial charge in [-0.05, 0) is 42.2 Å². The Morgan fingerprint density at radius 1 is 1.40 bits per heavy atom. The topological polar surface area (TPSA) is 59.6 Å². The number of ether oxygens (including phenoxy) is 1. The summed E-state index contributed by atoms with van der Waals surface area (Å²) in [5.74, 6) is 0.867. The van der Waals surface area contributed by atoms with E-state index in [1.807, 2.05) is 37.6 Å². The minimum atomic E-state index is 0.630. The molecule has 0 amide bonds. The highest BCUT2D eigenvalue weighted by atomic mass is 16.5. The van der Waals surface area contributed by atoms with Crippen LogP contribution in [0.5, 0.6) is 5.75 Å². The summed E-state index contributed by atoms with van der Waals surface area (Å²) in [5.41, 5.74) is 4.16. The Kier molecular flexibility index (Phi) is 3.41. The van der Waals surface area contributed by atoms with Gasteiger partial charge in [-0.15, -0.1) is 0 Å². The van der Waals surface area contributed by atoms with Crippen LogP contribution in [0.4, 0.5) is 0 Å². The molecular weight excluding hydrogens is 254 g/mol. The van der Waals surface area contributed by atoms with Crippen molar-refractivity contribution < 1.29 is 9.94 Å². The van der Waals surface area contributed by atoms with Crippen molar-refractivity contribution in [3.8, 4) is 5.75 Å². The highest BCUT2D eigenvalue weighted by molar-refractivity contribution is 6.04. The standard InChI is InChI=1S/C15H17N3O2/c1-18-10-11(9-16-18)6-7-20-13-3-4-14-12(8-13)2-5-15(14)17-19/h3-4,8-10,19H,2,5-7H2,1H3/b17-15+. The maximum Gasteiger partial charge on any atom is 0.119 e. The second kappa shape index (κ2) is 5.36. The zero-order chi connectivity index (χ0) is 13.9. The lowest BCUT2D eigenvalue weighted by Gasteiger charge is -2.07. The Morgan fingerprint density at radius 3 is 3.05 bits per heavy atom. The van der Waals surface area contributed by atoms with E-state index >= 15 is 0 Å². The fourth-order valence-corrected chi connectivity index (χ4v) is 2.53. The van der Waals surface area contributed by atoms with Crippen molar-refractivity contribution in [2.24, 2.45) is 12.2 Å². The molecule has 1 aromatic heterocycles. The molecule has 3 rings (SSSR count). The molecule has 1 heterocycles. The van der Waals surface area contributed by atoms with E-state index in [4.69, 9.17) is 9.94 Å². The number of nitrogens with zero attached hydrogens (tertiary/aromatic N) is 3. The van der Waals surface area contributed by atoms with Gasteiger partial charge >= 0.3 is 0 Å². The van der Waals surface area contributed by atoms with Crippen molar-refractivity contribution >= 4 is 5.71 Å². The zero-order valence-corrected chi connectivity index (χ0v) is 11.4. The molecule has 20 heavy (non-hydrogen) atoms. The Morgan fingerprint density at radius 2 is 2.30 bits per heavy atom. The number of aryl methyl sites for hydroxylation is 2. The quantitative estimate of drug-likeness (QED) is 0.685. The zero-order valence-electron chi connectivity index (χ0n) is 11.4. The van der Waals surface area contributed by atoms with E-state index in [-0.39, 0.29) is 0 Å². The van der Waals surface area contributed by atoms with Crippen LogP contribution in [-0.2, 0) is 19.9 Å². The molecule has 0 unspecified atom stereocenters. The molecule has 5 nitrogen and oxygen atoms in total. The molecule has 5 heteroatoms. The van der Waals surface area contributed by atoms with Gasteiger partial charge in [0.1, 0.15) is 5.75 Å². The van der Waals surface area contributed by atoms with Crippen LogP contribution in [0.25, 0.3) is 0 Å². The lowest BCUT2D eigenvalue weighted by atomic mass is 10.1. The van der Waals surface area contributed by atoms with Crippen LogP contribution in [0.15, 0.2) is 35.7 Å². The summed E-state index contributed by atoms with van der Waals surface area (Å²) in [6.07, 6.45) is 6.40. The van der Waals surface area contributed by atoms with E-state index in [0.29, 0.717) is 6.61 Å². The van der Waals surface area contributed by atoms with Crippen molar-refractivity contribution in [2.75, 3.05) is 6.61 Å². The monoisotopic (exact) mass is 271 g/mol. The van der Waals surface area contributed by atoms with Gasteiger partial charge in [-0.2, -0.15) is 5.10 Å². The highest BCUT2D eigenvalue weighted by Gasteiger charge is 2.18. The molecule has 1 aromatic carbocycles. The van der Waals surface area contributed by atoms with Gasteiger partial charge < -0.3 is 9.94 Å². The Hall–Kier alpha value is -2.30. The van der Waals surface area contributed by atoms with Gasteiger partial charge in [-0.1, -0.05) is 5.16 Å². The maximum absolute atomic E-state index is 8.90. The molecule has 0 saturated heterocycles. The van der Waals surface area contributed by atoms with Crippen LogP contribution >= 0.6 is 0 Å². The minimum absolute atomic E-state index is 0.630. The third kappa shape index (κ3) is 2.52. The van der Waals surface area contributed by atoms with E-state index < -0.39 is 0 Å². The molecule has 0 bridgehead atoms. The van der Waals surface area contributed by atoms with E-state index in [0.717, 1.165) is 36.3 Å². The molecule has 0 fully saturated rings. The molecule has 1 aliphatic rings. The van der Waals surface area contributed by atoms with Crippen LogP contribution < -0.4 is 4.74 Å². The average Bonchev–Trinajstić information content (AvgIpc) is 3.04. The predicted octanol–water partition coefficient (Wildman–Crippen LogP) is 2.17. The first-order valence-electron chi connectivity index (χ1n) is 6.71. The van der Waals surface area contributed by atoms with Crippen LogP contribution in [0.2, 0.25) is 0 Å². The molecule has 0 atom stereocenters. The third-order valence-electron chi connectivity index (χ3n) is 3.56. The molecular formula is C15H17N3O2. The summed E-state index contributed by atoms with van der Waals surface area (Å²) in [7, 11) is 1.91. The maximum atomic E-state index is 8.90. The van der Waals surface area contributed by atoms with Gasteiger partial charge in [0.05, 0.1) is 18.5 Å². The van der Waals surface area contributed by atoms with E-state index in [9.17, 15) is 0 Å². The number of hydrogen-bond acceptors (Lipinski definition) is 4. The molecule has 0 spiro atoms. The Bertz CT molecular complexity index is 646. The van der Waals surface area contributed by atoms with Gasteiger partial charge in [0.15, 0.2) is 0 Å². The number of hydrogen-bond donors (Lipinski definition) is 1. The molecule has 1 N–H and O–H groups in total. The van der Waals surface area contributed by atoms with Gasteiger partial charge in [0, 0.05) is 25.2 Å². The number of fused-ring (bicyclic) bond motifs is 1. The second-order valence-corrected chi connectivity index (χ2v) is 4.99. The van der Waals surface area contributed by atoms with E-state index in [2.05, 4.69) is 10.3 Å². The second-order valence-electron chi connectivity index (χ2n) is 4.99. The van der Waals surface area contributed by atoms with Crippen molar-refractivity contribution in [1.82, 2.24) is 9.78 Å². The van der Waals surface area contributed by atoms with Gasteiger partial charge in [0.2, 0.25) is 0 Å². The number of aromatic nitrogens is 2. The smallest absolute Gasteiger partial charge is 0.119 e. The van der Waals surface area contributed by atoms with Crippen LogP contribution in [0.1, 0.15) is 23.1 Å². The van der Waals surface area contributed by atoms with Crippen LogP contribution in [0, 0.1) is 0 Å². The predicted molar refractivity (Wildman–Crippen MR) is 75.5 cm³/mol. The largest absolute Gasteiger partial charge is 0.493 e. The summed E-state index contributed by atoms with van der Waals surface area (Å²) >= 11 is 0. The summed E-state index contributed by atoms with van der Waals surface area (Å²) in [6, 6.07) is 5.94. The SMILES string of the molecule is Cn1cc(CCOc2ccc3c(c2)CC/C3=N\O)cn1. The number of benzene rings is 1. The molecule has 2 aromatic rings. The van der Waals surface area contributed by atoms with Gasteiger partial charge in [-0.3, -0.25) is 4.68 Å². The highest BCUT2D eigenvalue weighted by Crippen LogP contribution is 2.26. The first-order valence-corrected chi connectivity index (χ1v) is 6.71. The van der Waals surface area contributed by atoms with Crippen molar-refractivity contribution in [1.29, 1.82) is 0 Å². The lowest BCUT2D eigenvalue weighted by Crippen LogP contribution is -2.01. The summed E-state index contributed by atoms with van der Waals surface area (Å²) in [4.78, 5) is 0. The summed E-state index contributed by atoms with van der Waals surface area (Å²) in [6.45, 7) is 0.630. The van der Waals surface area contributed by atoms with E-state index in [1.54, 1.807) is 4.68 Å². The Balaban J connectivity index is 1.62. The first-order chi connectivity index (χ1) is 9.76. The molecule has 1 aliphatic carbocycles. The lowest BCUT2D eigenvalue weighted by molar-refractivity contribution is 0.318. The molecule has 104 valence electrons. The third-order valence-corrected chi connectivity index (χ3v) is 3.56. The normalized spacial score (nSPS) is 15.6. The summed E-state index contributed by atoms with van der Waals surface area (Å²) in [5, 5.41) is 16.4. The molecule has 0 saturated carbocycles. The number of rotatable bonds is 4. The summed E-state index contributed by atoms with van der Waals surface area (Å²) < 4.78 is 7.57. The van der Waals surface area contributed by atoms with Crippen molar-refractivity contribution in [2.45, 2.75) is 19.3 Å². The molecule has 0 aliphatic heterocycles. The minimum Gasteiger partial charge on any atom is -0.493 e. The fourth-order valence-electron chi connectivity index (χ4n) is 2.53. The van der Waals surface area contributed by atoms with Crippen molar-refractivity contribution in [3.63, 3.8) is 0 Å². The number of oxime groups is 1. The first kappa shape index (κ1) is 12.7. The average molecular weight is 271 g/mol. The van der Waals surface area contributed by atoms with Crippen LogP contribution in [0.3, 0.4) is 0 Å². The van der Waals surface area contributed by atoms with E-state index in [1.165, 1.54) is 11.1 Å².